The van der Waals surface area contributed by atoms with Gasteiger partial charge in [-0.15, -0.1) is 0 Å². The molecule has 1 heterocycles. The average molecular weight is 463 g/mol. The van der Waals surface area contributed by atoms with Crippen LogP contribution in [0.5, 0.6) is 5.75 Å². The van der Waals surface area contributed by atoms with Crippen LogP contribution in [0.4, 0.5) is 10.5 Å². The minimum Gasteiger partial charge on any atom is -0.491 e. The topological polar surface area (TPSA) is 100 Å². The average Bonchev–Trinajstić information content (AvgIpc) is 2.81. The van der Waals surface area contributed by atoms with Crippen molar-refractivity contribution in [1.82, 2.24) is 15.1 Å². The van der Waals surface area contributed by atoms with E-state index in [9.17, 15) is 14.4 Å². The van der Waals surface area contributed by atoms with Crippen LogP contribution in [0.2, 0.25) is 0 Å². The van der Waals surface area contributed by atoms with Crippen LogP contribution < -0.4 is 15.4 Å². The van der Waals surface area contributed by atoms with Gasteiger partial charge in [-0.2, -0.15) is 0 Å². The summed E-state index contributed by atoms with van der Waals surface area (Å²) in [5.41, 5.74) is 0.945. The highest BCUT2D eigenvalue weighted by atomic mass is 16.5. The summed E-state index contributed by atoms with van der Waals surface area (Å²) in [6.45, 7) is 9.31. The third-order valence-electron chi connectivity index (χ3n) is 5.84. The lowest BCUT2D eigenvalue weighted by Gasteiger charge is -2.36. The van der Waals surface area contributed by atoms with Crippen LogP contribution in [0.15, 0.2) is 18.2 Å². The van der Waals surface area contributed by atoms with Crippen molar-refractivity contribution in [3.05, 3.63) is 23.8 Å². The number of carbonyl (C=O) groups is 3. The number of methoxy groups -OCH3 is 1. The van der Waals surface area contributed by atoms with Crippen molar-refractivity contribution in [1.29, 1.82) is 0 Å². The summed E-state index contributed by atoms with van der Waals surface area (Å²) in [6.07, 6.45) is 0.932. The van der Waals surface area contributed by atoms with Crippen LogP contribution in [0.1, 0.15) is 50.9 Å². The van der Waals surface area contributed by atoms with Crippen LogP contribution >= 0.6 is 0 Å². The molecule has 184 valence electrons. The van der Waals surface area contributed by atoms with Gasteiger partial charge in [-0.1, -0.05) is 20.8 Å². The molecule has 2 N–H and O–H groups in total. The largest absolute Gasteiger partial charge is 0.491 e. The van der Waals surface area contributed by atoms with Crippen molar-refractivity contribution >= 4 is 23.5 Å². The summed E-state index contributed by atoms with van der Waals surface area (Å²) >= 11 is 0. The number of amides is 4. The maximum atomic E-state index is 13.2. The number of fused-ring (bicyclic) bond motifs is 1. The molecule has 0 spiro atoms. The predicted octanol–water partition coefficient (Wildman–Crippen LogP) is 2.96. The highest BCUT2D eigenvalue weighted by molar-refractivity contribution is 5.98. The Morgan fingerprint density at radius 2 is 1.94 bits per heavy atom. The van der Waals surface area contributed by atoms with E-state index in [0.717, 1.165) is 6.42 Å². The second-order valence-corrected chi connectivity index (χ2v) is 8.59. The Kier molecular flexibility index (Phi) is 9.96. The monoisotopic (exact) mass is 462 g/mol. The number of nitrogens with zero attached hydrogens (tertiary/aromatic N) is 2. The van der Waals surface area contributed by atoms with Crippen molar-refractivity contribution in [3.63, 3.8) is 0 Å². The fourth-order valence-electron chi connectivity index (χ4n) is 3.72. The molecule has 1 aromatic carbocycles. The second kappa shape index (κ2) is 12.4. The minimum absolute atomic E-state index is 0.00870. The molecular weight excluding hydrogens is 424 g/mol. The molecule has 0 fully saturated rings. The van der Waals surface area contributed by atoms with E-state index in [1.165, 1.54) is 0 Å². The first kappa shape index (κ1) is 26.4. The van der Waals surface area contributed by atoms with Crippen LogP contribution in [-0.2, 0) is 9.53 Å². The van der Waals surface area contributed by atoms with E-state index in [1.807, 2.05) is 20.8 Å². The van der Waals surface area contributed by atoms with Gasteiger partial charge < -0.3 is 29.9 Å². The lowest BCUT2D eigenvalue weighted by atomic mass is 10.0. The fraction of sp³-hybridized carbons (Fsp3) is 0.625. The van der Waals surface area contributed by atoms with E-state index in [4.69, 9.17) is 9.47 Å². The normalized spacial score (nSPS) is 21.9. The molecule has 4 amide bonds. The lowest BCUT2D eigenvalue weighted by Crippen LogP contribution is -2.51. The number of rotatable bonds is 5. The Bertz CT molecular complexity index is 831. The van der Waals surface area contributed by atoms with Crippen LogP contribution in [0.25, 0.3) is 0 Å². The third-order valence-corrected chi connectivity index (χ3v) is 5.84. The number of carbonyl (C=O) groups excluding carboxylic acids is 3. The van der Waals surface area contributed by atoms with Gasteiger partial charge in [0, 0.05) is 57.9 Å². The van der Waals surface area contributed by atoms with Gasteiger partial charge in [-0.25, -0.2) is 4.79 Å². The Labute approximate surface area is 196 Å². The maximum Gasteiger partial charge on any atom is 0.317 e. The zero-order valence-corrected chi connectivity index (χ0v) is 20.6. The van der Waals surface area contributed by atoms with E-state index in [0.29, 0.717) is 43.1 Å². The number of hydrogen-bond acceptors (Lipinski definition) is 5. The van der Waals surface area contributed by atoms with Gasteiger partial charge >= 0.3 is 6.03 Å². The summed E-state index contributed by atoms with van der Waals surface area (Å²) in [5, 5.41) is 5.75. The second-order valence-electron chi connectivity index (χ2n) is 8.59. The van der Waals surface area contributed by atoms with Crippen LogP contribution in [0.3, 0.4) is 0 Å². The molecule has 0 aliphatic carbocycles. The summed E-state index contributed by atoms with van der Waals surface area (Å²) in [7, 11) is 3.34. The summed E-state index contributed by atoms with van der Waals surface area (Å²) < 4.78 is 11.8. The number of anilines is 1. The number of likely N-dealkylation sites (N-methyl/N-ethyl adjacent to an activating group) is 1. The Morgan fingerprint density at radius 1 is 1.21 bits per heavy atom. The zero-order valence-electron chi connectivity index (χ0n) is 20.6. The van der Waals surface area contributed by atoms with Gasteiger partial charge in [-0.3, -0.25) is 9.59 Å². The zero-order chi connectivity index (χ0) is 24.5. The number of urea groups is 1. The molecule has 33 heavy (non-hydrogen) atoms. The Morgan fingerprint density at radius 3 is 2.58 bits per heavy atom. The van der Waals surface area contributed by atoms with Gasteiger partial charge in [0.2, 0.25) is 5.91 Å². The molecule has 3 atom stereocenters. The van der Waals surface area contributed by atoms with E-state index in [1.54, 1.807) is 49.1 Å². The predicted molar refractivity (Wildman–Crippen MR) is 128 cm³/mol. The molecule has 0 aromatic heterocycles. The van der Waals surface area contributed by atoms with Gasteiger partial charge in [0.05, 0.1) is 17.7 Å². The molecule has 0 saturated carbocycles. The van der Waals surface area contributed by atoms with Crippen LogP contribution in [0, 0.1) is 5.92 Å². The molecule has 1 aliphatic heterocycles. The van der Waals surface area contributed by atoms with E-state index in [-0.39, 0.29) is 42.5 Å². The van der Waals surface area contributed by atoms with Gasteiger partial charge in [0.1, 0.15) is 12.4 Å². The minimum atomic E-state index is -0.254. The fourth-order valence-corrected chi connectivity index (χ4v) is 3.72. The van der Waals surface area contributed by atoms with Crippen molar-refractivity contribution in [3.8, 4) is 5.75 Å². The lowest BCUT2D eigenvalue weighted by molar-refractivity contribution is -0.115. The van der Waals surface area contributed by atoms with Crippen molar-refractivity contribution in [2.75, 3.05) is 45.7 Å². The Balaban J connectivity index is 2.42. The molecule has 0 saturated heterocycles. The quantitative estimate of drug-likeness (QED) is 0.701. The molecule has 9 nitrogen and oxygen atoms in total. The van der Waals surface area contributed by atoms with Crippen molar-refractivity contribution in [2.45, 2.75) is 52.7 Å². The first-order valence-corrected chi connectivity index (χ1v) is 11.6. The number of nitrogens with one attached hydrogen (secondary N) is 2. The summed E-state index contributed by atoms with van der Waals surface area (Å²) in [4.78, 5) is 41.3. The van der Waals surface area contributed by atoms with Crippen molar-refractivity contribution in [2.24, 2.45) is 5.92 Å². The summed E-state index contributed by atoms with van der Waals surface area (Å²) in [6, 6.07) is 4.60. The first-order valence-electron chi connectivity index (χ1n) is 11.6. The van der Waals surface area contributed by atoms with E-state index < -0.39 is 0 Å². The summed E-state index contributed by atoms with van der Waals surface area (Å²) in [5.74, 6) is 0.0312. The molecule has 9 heteroatoms. The molecule has 0 bridgehead atoms. The van der Waals surface area contributed by atoms with Gasteiger partial charge in [-0.05, 0) is 25.5 Å². The number of hydrogen-bond donors (Lipinski definition) is 2. The van der Waals surface area contributed by atoms with Crippen LogP contribution in [-0.4, -0.2) is 80.2 Å². The molecule has 1 aromatic rings. The molecule has 2 rings (SSSR count). The molecule has 0 unspecified atom stereocenters. The smallest absolute Gasteiger partial charge is 0.317 e. The first-order chi connectivity index (χ1) is 15.7. The number of benzene rings is 1. The molecule has 1 aliphatic rings. The Hall–Kier alpha value is -2.81. The molecule has 0 radical (unpaired) electrons. The highest BCUT2D eigenvalue weighted by Crippen LogP contribution is 2.27. The number of ether oxygens (including phenoxy) is 2. The van der Waals surface area contributed by atoms with Gasteiger partial charge in [0.15, 0.2) is 0 Å². The SMILES string of the molecule is CCCNC(=O)N1C[C@H](C)[C@H](OC)CN(C)C(=O)c2ccc(NC(=O)CC)cc2OC[C@H]1C. The third kappa shape index (κ3) is 7.08. The maximum absolute atomic E-state index is 13.2. The highest BCUT2D eigenvalue weighted by Gasteiger charge is 2.30. The molecular formula is C24H38N4O5. The van der Waals surface area contributed by atoms with E-state index >= 15 is 0 Å². The van der Waals surface area contributed by atoms with Crippen molar-refractivity contribution < 1.29 is 23.9 Å². The van der Waals surface area contributed by atoms with Gasteiger partial charge in [0.25, 0.3) is 5.91 Å². The standard InChI is InChI=1S/C24H38N4O5/c1-7-11-25-24(31)28-13-16(3)21(32-6)14-27(5)23(30)19-10-9-18(26-22(29)8-2)12-20(19)33-15-17(28)4/h9-10,12,16-17,21H,7-8,11,13-15H2,1-6H3,(H,25,31)(H,26,29)/t16-,17+,21+/m0/s1. The van der Waals surface area contributed by atoms with E-state index in [2.05, 4.69) is 10.6 Å².